The van der Waals surface area contributed by atoms with E-state index < -0.39 is 0 Å². The number of rotatable bonds is 2. The van der Waals surface area contributed by atoms with Gasteiger partial charge in [-0.15, -0.1) is 0 Å². The second-order valence-electron chi connectivity index (χ2n) is 6.01. The van der Waals surface area contributed by atoms with Crippen LogP contribution in [-0.4, -0.2) is 18.4 Å². The number of nitrogen functional groups attached to an aromatic ring is 1. The average Bonchev–Trinajstić information content (AvgIpc) is 2.82. The van der Waals surface area contributed by atoms with E-state index in [1.807, 2.05) is 6.07 Å². The molecule has 2 atom stereocenters. The Morgan fingerprint density at radius 1 is 1.26 bits per heavy atom. The Kier molecular flexibility index (Phi) is 3.21. The minimum absolute atomic E-state index is 0.168. The van der Waals surface area contributed by atoms with E-state index in [9.17, 15) is 0 Å². The summed E-state index contributed by atoms with van der Waals surface area (Å²) < 4.78 is 0. The molecule has 1 saturated carbocycles. The number of benzene rings is 1. The molecule has 2 aliphatic rings. The number of aryl methyl sites for hydroxylation is 1. The number of nitrogens with one attached hydrogen (secondary N) is 1. The summed E-state index contributed by atoms with van der Waals surface area (Å²) in [5.41, 5.74) is 8.89. The second kappa shape index (κ2) is 4.87. The normalized spacial score (nSPS) is 26.3. The molecule has 0 aromatic heterocycles. The largest absolute Gasteiger partial charge is 0.384 e. The molecule has 0 bridgehead atoms. The topological polar surface area (TPSA) is 53.1 Å². The van der Waals surface area contributed by atoms with E-state index >= 15 is 0 Å². The third kappa shape index (κ3) is 2.22. The lowest BCUT2D eigenvalue weighted by molar-refractivity contribution is 0.342. The van der Waals surface area contributed by atoms with Gasteiger partial charge in [0.1, 0.15) is 5.84 Å². The van der Waals surface area contributed by atoms with Crippen LogP contribution in [0.4, 0.5) is 5.69 Å². The predicted molar refractivity (Wildman–Crippen MR) is 79.9 cm³/mol. The minimum atomic E-state index is 0.168. The fraction of sp³-hybridized carbons (Fsp3) is 0.562. The van der Waals surface area contributed by atoms with Crippen molar-refractivity contribution in [3.05, 3.63) is 29.3 Å². The van der Waals surface area contributed by atoms with Crippen LogP contribution in [0.3, 0.4) is 0 Å². The van der Waals surface area contributed by atoms with Gasteiger partial charge >= 0.3 is 0 Å². The Bertz CT molecular complexity index is 495. The zero-order valence-corrected chi connectivity index (χ0v) is 11.7. The smallest absolute Gasteiger partial charge is 0.123 e. The molecule has 2 unspecified atom stereocenters. The van der Waals surface area contributed by atoms with Crippen LogP contribution in [0.1, 0.15) is 43.2 Å². The monoisotopic (exact) mass is 257 g/mol. The maximum atomic E-state index is 7.57. The van der Waals surface area contributed by atoms with Crippen LogP contribution in [-0.2, 0) is 0 Å². The maximum Gasteiger partial charge on any atom is 0.123 e. The Morgan fingerprint density at radius 3 is 2.79 bits per heavy atom. The number of amidine groups is 1. The molecule has 3 rings (SSSR count). The molecule has 1 aromatic rings. The molecule has 3 nitrogen and oxygen atoms in total. The van der Waals surface area contributed by atoms with Crippen LogP contribution in [0.5, 0.6) is 0 Å². The Morgan fingerprint density at radius 2 is 2.05 bits per heavy atom. The van der Waals surface area contributed by atoms with E-state index in [1.54, 1.807) is 0 Å². The highest BCUT2D eigenvalue weighted by Gasteiger charge is 2.35. The number of nitrogens with zero attached hydrogens (tertiary/aromatic N) is 1. The van der Waals surface area contributed by atoms with Crippen molar-refractivity contribution in [3.63, 3.8) is 0 Å². The van der Waals surface area contributed by atoms with Crippen molar-refractivity contribution >= 4 is 11.5 Å². The first-order chi connectivity index (χ1) is 9.16. The summed E-state index contributed by atoms with van der Waals surface area (Å²) >= 11 is 0. The van der Waals surface area contributed by atoms with E-state index in [0.717, 1.165) is 23.1 Å². The van der Waals surface area contributed by atoms with Crippen LogP contribution >= 0.6 is 0 Å². The Hall–Kier alpha value is -1.51. The van der Waals surface area contributed by atoms with Crippen LogP contribution in [0.15, 0.2) is 18.2 Å². The molecule has 1 aliphatic heterocycles. The predicted octanol–water partition coefficient (Wildman–Crippen LogP) is 3.05. The van der Waals surface area contributed by atoms with Gasteiger partial charge in [0.2, 0.25) is 0 Å². The number of hydrogen-bond donors (Lipinski definition) is 2. The molecule has 3 N–H and O–H groups in total. The number of anilines is 1. The Labute approximate surface area is 115 Å². The number of nitrogens with two attached hydrogens (primary N) is 1. The highest BCUT2D eigenvalue weighted by atomic mass is 15.2. The zero-order valence-electron chi connectivity index (χ0n) is 11.7. The lowest BCUT2D eigenvalue weighted by Crippen LogP contribution is -2.34. The maximum absolute atomic E-state index is 7.57. The Balaban J connectivity index is 1.86. The third-order valence-electron chi connectivity index (χ3n) is 4.84. The minimum Gasteiger partial charge on any atom is -0.384 e. The lowest BCUT2D eigenvalue weighted by atomic mass is 9.85. The molecule has 0 spiro atoms. The summed E-state index contributed by atoms with van der Waals surface area (Å²) in [6, 6.07) is 7.09. The summed E-state index contributed by atoms with van der Waals surface area (Å²) in [7, 11) is 0. The SMILES string of the molecule is Cc1cc(N2CCC3CCCCC32)ccc1C(=N)N. The fourth-order valence-electron chi connectivity index (χ4n) is 3.86. The van der Waals surface area contributed by atoms with Crippen LogP contribution in [0, 0.1) is 18.3 Å². The van der Waals surface area contributed by atoms with Gasteiger partial charge < -0.3 is 10.6 Å². The van der Waals surface area contributed by atoms with Crippen molar-refractivity contribution in [2.45, 2.75) is 45.1 Å². The summed E-state index contributed by atoms with van der Waals surface area (Å²) in [6.45, 7) is 3.24. The van der Waals surface area contributed by atoms with E-state index in [2.05, 4.69) is 24.0 Å². The first-order valence-electron chi connectivity index (χ1n) is 7.38. The summed E-state index contributed by atoms with van der Waals surface area (Å²) in [5, 5.41) is 7.57. The zero-order chi connectivity index (χ0) is 13.4. The molecule has 3 heteroatoms. The first kappa shape index (κ1) is 12.5. The molecule has 2 fully saturated rings. The van der Waals surface area contributed by atoms with E-state index in [4.69, 9.17) is 11.1 Å². The van der Waals surface area contributed by atoms with Gasteiger partial charge in [-0.1, -0.05) is 12.8 Å². The number of hydrogen-bond acceptors (Lipinski definition) is 2. The van der Waals surface area contributed by atoms with Gasteiger partial charge in [0, 0.05) is 23.8 Å². The molecule has 102 valence electrons. The van der Waals surface area contributed by atoms with Gasteiger partial charge in [-0.3, -0.25) is 5.41 Å². The van der Waals surface area contributed by atoms with Crippen molar-refractivity contribution in [2.24, 2.45) is 11.7 Å². The number of fused-ring (bicyclic) bond motifs is 1. The molecule has 1 aromatic carbocycles. The highest BCUT2D eigenvalue weighted by Crippen LogP contribution is 2.39. The molecule has 1 heterocycles. The van der Waals surface area contributed by atoms with Crippen LogP contribution < -0.4 is 10.6 Å². The van der Waals surface area contributed by atoms with Crippen molar-refractivity contribution in [1.82, 2.24) is 0 Å². The summed E-state index contributed by atoms with van der Waals surface area (Å²) in [4.78, 5) is 2.58. The van der Waals surface area contributed by atoms with Crippen molar-refractivity contribution in [3.8, 4) is 0 Å². The first-order valence-corrected chi connectivity index (χ1v) is 7.38. The summed E-state index contributed by atoms with van der Waals surface area (Å²) in [6.07, 6.45) is 6.89. The van der Waals surface area contributed by atoms with E-state index in [1.165, 1.54) is 44.3 Å². The average molecular weight is 257 g/mol. The third-order valence-corrected chi connectivity index (χ3v) is 4.84. The molecule has 19 heavy (non-hydrogen) atoms. The van der Waals surface area contributed by atoms with Crippen molar-refractivity contribution in [1.29, 1.82) is 5.41 Å². The molecular formula is C16H23N3. The van der Waals surface area contributed by atoms with Gasteiger partial charge in [-0.2, -0.15) is 0 Å². The van der Waals surface area contributed by atoms with Crippen molar-refractivity contribution in [2.75, 3.05) is 11.4 Å². The molecule has 1 saturated heterocycles. The quantitative estimate of drug-likeness (QED) is 0.632. The van der Waals surface area contributed by atoms with E-state index in [-0.39, 0.29) is 5.84 Å². The van der Waals surface area contributed by atoms with Crippen molar-refractivity contribution < 1.29 is 0 Å². The molecular weight excluding hydrogens is 234 g/mol. The summed E-state index contributed by atoms with van der Waals surface area (Å²) in [5.74, 6) is 1.07. The highest BCUT2D eigenvalue weighted by molar-refractivity contribution is 5.96. The van der Waals surface area contributed by atoms with E-state index in [0.29, 0.717) is 0 Å². The van der Waals surface area contributed by atoms with Gasteiger partial charge in [0.05, 0.1) is 0 Å². The molecule has 0 radical (unpaired) electrons. The van der Waals surface area contributed by atoms with Gasteiger partial charge in [-0.05, 0) is 55.9 Å². The van der Waals surface area contributed by atoms with Crippen LogP contribution in [0.2, 0.25) is 0 Å². The van der Waals surface area contributed by atoms with Gasteiger partial charge in [-0.25, -0.2) is 0 Å². The molecule has 1 aliphatic carbocycles. The second-order valence-corrected chi connectivity index (χ2v) is 6.01. The molecule has 0 amide bonds. The van der Waals surface area contributed by atoms with Crippen LogP contribution in [0.25, 0.3) is 0 Å². The lowest BCUT2D eigenvalue weighted by Gasteiger charge is -2.33. The van der Waals surface area contributed by atoms with Gasteiger partial charge in [0.25, 0.3) is 0 Å². The fourth-order valence-corrected chi connectivity index (χ4v) is 3.86. The van der Waals surface area contributed by atoms with Gasteiger partial charge in [0.15, 0.2) is 0 Å². The standard InChI is InChI=1S/C16H23N3/c1-11-10-13(6-7-14(11)16(17)18)19-9-8-12-4-2-3-5-15(12)19/h6-7,10,12,15H,2-5,8-9H2,1H3,(H3,17,18).